The molecule has 0 saturated heterocycles. The molecule has 1 rings (SSSR count). The molecule has 3 nitrogen and oxygen atoms in total. The van der Waals surface area contributed by atoms with Gasteiger partial charge in [-0.25, -0.2) is 4.39 Å². The molecule has 0 spiro atoms. The van der Waals surface area contributed by atoms with E-state index in [0.717, 1.165) is 6.26 Å². The maximum atomic E-state index is 13.2. The Morgan fingerprint density at radius 1 is 1.40 bits per heavy atom. The second-order valence-electron chi connectivity index (χ2n) is 3.41. The molecule has 0 aliphatic carbocycles. The molecule has 0 N–H and O–H groups in total. The molecule has 0 saturated carbocycles. The molecule has 1 unspecified atom stereocenters. The Hall–Kier alpha value is -0.940. The van der Waals surface area contributed by atoms with Gasteiger partial charge >= 0.3 is 0 Å². The summed E-state index contributed by atoms with van der Waals surface area (Å²) in [6, 6.07) is 6.23. The van der Waals surface area contributed by atoms with Crippen molar-refractivity contribution in [2.45, 2.75) is 19.4 Å². The summed E-state index contributed by atoms with van der Waals surface area (Å²) in [5, 5.41) is 0. The predicted molar refractivity (Wildman–Crippen MR) is 55.5 cm³/mol. The zero-order chi connectivity index (χ0) is 11.5. The first-order chi connectivity index (χ1) is 6.88. The van der Waals surface area contributed by atoms with Crippen molar-refractivity contribution in [2.24, 2.45) is 0 Å². The minimum absolute atomic E-state index is 0.236. The second kappa shape index (κ2) is 4.72. The van der Waals surface area contributed by atoms with E-state index in [0.29, 0.717) is 5.56 Å². The van der Waals surface area contributed by atoms with Crippen molar-refractivity contribution in [3.05, 3.63) is 35.6 Å². The summed E-state index contributed by atoms with van der Waals surface area (Å²) in [5.41, 5.74) is 0.452. The molecule has 0 aliphatic rings. The molecular weight excluding hydrogens is 219 g/mol. The molecule has 0 aliphatic heterocycles. The third-order valence-corrected chi connectivity index (χ3v) is 2.48. The van der Waals surface area contributed by atoms with Crippen LogP contribution in [-0.2, 0) is 20.7 Å². The van der Waals surface area contributed by atoms with Crippen LogP contribution in [0.15, 0.2) is 24.3 Å². The number of rotatable bonds is 4. The van der Waals surface area contributed by atoms with Gasteiger partial charge in [-0.05, 0) is 18.6 Å². The van der Waals surface area contributed by atoms with Gasteiger partial charge < -0.3 is 0 Å². The van der Waals surface area contributed by atoms with Gasteiger partial charge in [0.2, 0.25) is 0 Å². The molecule has 0 fully saturated rings. The van der Waals surface area contributed by atoms with Crippen LogP contribution in [0.3, 0.4) is 0 Å². The van der Waals surface area contributed by atoms with Gasteiger partial charge in [-0.1, -0.05) is 18.2 Å². The number of halogens is 1. The lowest BCUT2D eigenvalue weighted by Gasteiger charge is -2.11. The third kappa shape index (κ3) is 4.40. The molecule has 1 aromatic carbocycles. The van der Waals surface area contributed by atoms with Crippen LogP contribution in [0.25, 0.3) is 0 Å². The van der Waals surface area contributed by atoms with Gasteiger partial charge in [-0.3, -0.25) is 4.18 Å². The fourth-order valence-electron chi connectivity index (χ4n) is 1.31. The van der Waals surface area contributed by atoms with Gasteiger partial charge in [0.25, 0.3) is 10.1 Å². The van der Waals surface area contributed by atoms with E-state index in [1.54, 1.807) is 25.1 Å². The summed E-state index contributed by atoms with van der Waals surface area (Å²) in [5.74, 6) is -0.346. The van der Waals surface area contributed by atoms with Crippen molar-refractivity contribution in [3.63, 3.8) is 0 Å². The maximum absolute atomic E-state index is 13.2. The summed E-state index contributed by atoms with van der Waals surface area (Å²) in [6.07, 6.45) is 0.654. The first-order valence-corrected chi connectivity index (χ1v) is 6.32. The quantitative estimate of drug-likeness (QED) is 0.742. The van der Waals surface area contributed by atoms with Crippen molar-refractivity contribution >= 4 is 10.1 Å². The van der Waals surface area contributed by atoms with E-state index >= 15 is 0 Å². The Morgan fingerprint density at radius 3 is 2.53 bits per heavy atom. The van der Waals surface area contributed by atoms with Crippen LogP contribution in [-0.4, -0.2) is 20.8 Å². The Bertz CT molecular complexity index is 428. The average molecular weight is 232 g/mol. The van der Waals surface area contributed by atoms with Crippen LogP contribution in [0.5, 0.6) is 0 Å². The first kappa shape index (κ1) is 12.1. The molecule has 1 atom stereocenters. The van der Waals surface area contributed by atoms with Crippen LogP contribution in [0, 0.1) is 5.82 Å². The predicted octanol–water partition coefficient (Wildman–Crippen LogP) is 1.73. The van der Waals surface area contributed by atoms with E-state index in [1.807, 2.05) is 0 Å². The highest BCUT2D eigenvalue weighted by Crippen LogP contribution is 2.11. The molecule has 1 aromatic rings. The van der Waals surface area contributed by atoms with Gasteiger partial charge in [0.15, 0.2) is 0 Å². The topological polar surface area (TPSA) is 43.4 Å². The van der Waals surface area contributed by atoms with Crippen molar-refractivity contribution < 1.29 is 17.0 Å². The first-order valence-electron chi connectivity index (χ1n) is 4.50. The molecule has 0 aromatic heterocycles. The third-order valence-electron chi connectivity index (χ3n) is 1.80. The van der Waals surface area contributed by atoms with E-state index in [2.05, 4.69) is 0 Å². The summed E-state index contributed by atoms with van der Waals surface area (Å²) in [4.78, 5) is 0. The van der Waals surface area contributed by atoms with Gasteiger partial charge in [-0.15, -0.1) is 0 Å². The van der Waals surface area contributed by atoms with Gasteiger partial charge in [0.05, 0.1) is 12.4 Å². The van der Waals surface area contributed by atoms with E-state index in [9.17, 15) is 12.8 Å². The fourth-order valence-corrected chi connectivity index (χ4v) is 1.97. The molecule has 15 heavy (non-hydrogen) atoms. The van der Waals surface area contributed by atoms with Crippen molar-refractivity contribution in [2.75, 3.05) is 6.26 Å². The van der Waals surface area contributed by atoms with Gasteiger partial charge in [0.1, 0.15) is 5.82 Å². The minimum atomic E-state index is -3.48. The van der Waals surface area contributed by atoms with Gasteiger partial charge in [0, 0.05) is 6.42 Å². The zero-order valence-electron chi connectivity index (χ0n) is 8.60. The monoisotopic (exact) mass is 232 g/mol. The fraction of sp³-hybridized carbons (Fsp3) is 0.400. The lowest BCUT2D eigenvalue weighted by atomic mass is 10.1. The highest BCUT2D eigenvalue weighted by Gasteiger charge is 2.12. The van der Waals surface area contributed by atoms with E-state index < -0.39 is 16.2 Å². The molecular formula is C10H13FO3S. The number of hydrogen-bond donors (Lipinski definition) is 0. The van der Waals surface area contributed by atoms with Crippen LogP contribution in [0.1, 0.15) is 12.5 Å². The van der Waals surface area contributed by atoms with Gasteiger partial charge in [-0.2, -0.15) is 8.42 Å². The van der Waals surface area contributed by atoms with Crippen LogP contribution < -0.4 is 0 Å². The summed E-state index contributed by atoms with van der Waals surface area (Å²) in [7, 11) is -3.48. The highest BCUT2D eigenvalue weighted by molar-refractivity contribution is 7.86. The lowest BCUT2D eigenvalue weighted by molar-refractivity contribution is 0.230. The molecule has 5 heteroatoms. The SMILES string of the molecule is CC(Cc1ccccc1F)OS(C)(=O)=O. The van der Waals surface area contributed by atoms with Crippen molar-refractivity contribution in [1.29, 1.82) is 0 Å². The minimum Gasteiger partial charge on any atom is -0.267 e. The summed E-state index contributed by atoms with van der Waals surface area (Å²) in [6.45, 7) is 1.59. The standard InChI is InChI=1S/C10H13FO3S/c1-8(14-15(2,12)13)7-9-5-3-4-6-10(9)11/h3-6,8H,7H2,1-2H3. The number of hydrogen-bond acceptors (Lipinski definition) is 3. The summed E-state index contributed by atoms with van der Waals surface area (Å²) >= 11 is 0. The second-order valence-corrected chi connectivity index (χ2v) is 5.01. The Morgan fingerprint density at radius 2 is 2.00 bits per heavy atom. The molecule has 0 heterocycles. The molecule has 0 amide bonds. The summed E-state index contributed by atoms with van der Waals surface area (Å²) < 4.78 is 39.5. The van der Waals surface area contributed by atoms with E-state index in [-0.39, 0.29) is 12.2 Å². The van der Waals surface area contributed by atoms with E-state index in [4.69, 9.17) is 4.18 Å². The molecule has 84 valence electrons. The normalized spacial score (nSPS) is 13.8. The Balaban J connectivity index is 2.67. The molecule has 0 bridgehead atoms. The Kier molecular flexibility index (Phi) is 3.82. The smallest absolute Gasteiger partial charge is 0.264 e. The largest absolute Gasteiger partial charge is 0.267 e. The van der Waals surface area contributed by atoms with Crippen LogP contribution in [0.2, 0.25) is 0 Å². The Labute approximate surface area is 89.0 Å². The number of benzene rings is 1. The zero-order valence-corrected chi connectivity index (χ0v) is 9.42. The van der Waals surface area contributed by atoms with E-state index in [1.165, 1.54) is 6.07 Å². The lowest BCUT2D eigenvalue weighted by Crippen LogP contribution is -2.17. The molecule has 0 radical (unpaired) electrons. The van der Waals surface area contributed by atoms with Crippen molar-refractivity contribution in [3.8, 4) is 0 Å². The van der Waals surface area contributed by atoms with Crippen LogP contribution >= 0.6 is 0 Å². The maximum Gasteiger partial charge on any atom is 0.264 e. The van der Waals surface area contributed by atoms with Crippen molar-refractivity contribution in [1.82, 2.24) is 0 Å². The van der Waals surface area contributed by atoms with Crippen LogP contribution in [0.4, 0.5) is 4.39 Å². The highest BCUT2D eigenvalue weighted by atomic mass is 32.2. The average Bonchev–Trinajstić information content (AvgIpc) is 2.05.